The molecule has 1 rings (SSSR count). The molecule has 1 aromatic rings. The molecule has 0 aromatic heterocycles. The summed E-state index contributed by atoms with van der Waals surface area (Å²) in [6.45, 7) is 5.34. The van der Waals surface area contributed by atoms with Crippen LogP contribution in [0, 0.1) is 0 Å². The Morgan fingerprint density at radius 2 is 1.92 bits per heavy atom. The zero-order chi connectivity index (χ0) is 19.2. The highest BCUT2D eigenvalue weighted by atomic mass is 16.6. The second-order valence-corrected chi connectivity index (χ2v) is 6.56. The lowest BCUT2D eigenvalue weighted by Gasteiger charge is -2.22. The average Bonchev–Trinajstić information content (AvgIpc) is 2.51. The number of amides is 1. The fourth-order valence-electron chi connectivity index (χ4n) is 2.09. The number of hydrogen-bond acceptors (Lipinski definition) is 7. The van der Waals surface area contributed by atoms with Gasteiger partial charge in [0.15, 0.2) is 0 Å². The summed E-state index contributed by atoms with van der Waals surface area (Å²) >= 11 is 0. The number of carbonyl (C=O) groups is 2. The van der Waals surface area contributed by atoms with Crippen molar-refractivity contribution >= 4 is 17.7 Å². The molecule has 0 radical (unpaired) electrons. The molecule has 1 amide bonds. The Labute approximate surface area is 146 Å². The van der Waals surface area contributed by atoms with Gasteiger partial charge in [-0.1, -0.05) is 6.07 Å². The van der Waals surface area contributed by atoms with Crippen LogP contribution >= 0.6 is 0 Å². The molecule has 0 fully saturated rings. The van der Waals surface area contributed by atoms with E-state index in [9.17, 15) is 19.8 Å². The van der Waals surface area contributed by atoms with E-state index in [1.165, 1.54) is 25.3 Å². The van der Waals surface area contributed by atoms with E-state index in [1.807, 2.05) is 0 Å². The quantitative estimate of drug-likeness (QED) is 0.448. The Bertz CT molecular complexity index is 612. The smallest absolute Gasteiger partial charge is 0.407 e. The first-order chi connectivity index (χ1) is 11.5. The van der Waals surface area contributed by atoms with E-state index in [-0.39, 0.29) is 29.8 Å². The molecule has 8 nitrogen and oxygen atoms in total. The van der Waals surface area contributed by atoms with Crippen LogP contribution < -0.4 is 11.1 Å². The molecule has 0 aliphatic heterocycles. The van der Waals surface area contributed by atoms with Crippen LogP contribution in [0.4, 0.5) is 10.5 Å². The normalized spacial score (nSPS) is 13.7. The average molecular weight is 354 g/mol. The number of aliphatic hydroxyl groups excluding tert-OH is 2. The lowest BCUT2D eigenvalue weighted by atomic mass is 9.99. The van der Waals surface area contributed by atoms with Crippen molar-refractivity contribution in [1.82, 2.24) is 5.32 Å². The minimum Gasteiger partial charge on any atom is -0.465 e. The van der Waals surface area contributed by atoms with Gasteiger partial charge in [0.2, 0.25) is 0 Å². The molecular weight excluding hydrogens is 328 g/mol. The van der Waals surface area contributed by atoms with Crippen molar-refractivity contribution in [3.63, 3.8) is 0 Å². The molecule has 0 saturated heterocycles. The topological polar surface area (TPSA) is 131 Å². The lowest BCUT2D eigenvalue weighted by molar-refractivity contribution is 0.0127. The number of aliphatic hydroxyl groups is 2. The molecule has 0 aliphatic carbocycles. The number of rotatable bonds is 6. The van der Waals surface area contributed by atoms with Crippen LogP contribution in [-0.2, 0) is 9.47 Å². The van der Waals surface area contributed by atoms with Crippen molar-refractivity contribution in [3.8, 4) is 0 Å². The summed E-state index contributed by atoms with van der Waals surface area (Å²) in [5, 5.41) is 22.8. The second-order valence-electron chi connectivity index (χ2n) is 6.56. The zero-order valence-corrected chi connectivity index (χ0v) is 14.9. The molecule has 25 heavy (non-hydrogen) atoms. The first kappa shape index (κ1) is 20.7. The standard InChI is InChI=1S/C17H26N2O6/c1-17(2,3)25-16(23)19-8-7-13(20)14(21)11-6-5-10(9-12(11)18)15(22)24-4/h5-6,9,13-14,20-21H,7-8,18H2,1-4H3,(H,19,23). The zero-order valence-electron chi connectivity index (χ0n) is 14.9. The van der Waals surface area contributed by atoms with Gasteiger partial charge < -0.3 is 30.7 Å². The Kier molecular flexibility index (Phi) is 7.20. The molecule has 2 atom stereocenters. The number of nitrogen functional groups attached to an aromatic ring is 1. The van der Waals surface area contributed by atoms with Gasteiger partial charge in [-0.05, 0) is 39.3 Å². The van der Waals surface area contributed by atoms with Crippen molar-refractivity contribution in [3.05, 3.63) is 29.3 Å². The summed E-state index contributed by atoms with van der Waals surface area (Å²) in [4.78, 5) is 23.0. The predicted octanol–water partition coefficient (Wildman–Crippen LogP) is 1.36. The van der Waals surface area contributed by atoms with Crippen LogP contribution in [0.5, 0.6) is 0 Å². The van der Waals surface area contributed by atoms with Gasteiger partial charge in [-0.25, -0.2) is 9.59 Å². The molecule has 2 unspecified atom stereocenters. The van der Waals surface area contributed by atoms with Gasteiger partial charge >= 0.3 is 12.1 Å². The number of carbonyl (C=O) groups excluding carboxylic acids is 2. The fraction of sp³-hybridized carbons (Fsp3) is 0.529. The number of nitrogens with two attached hydrogens (primary N) is 1. The van der Waals surface area contributed by atoms with E-state index in [4.69, 9.17) is 10.5 Å². The van der Waals surface area contributed by atoms with Gasteiger partial charge in [-0.15, -0.1) is 0 Å². The maximum atomic E-state index is 11.5. The molecule has 8 heteroatoms. The van der Waals surface area contributed by atoms with E-state index in [0.717, 1.165) is 0 Å². The molecule has 0 saturated carbocycles. The number of ether oxygens (including phenoxy) is 2. The highest BCUT2D eigenvalue weighted by molar-refractivity contribution is 5.90. The number of hydrogen-bond donors (Lipinski definition) is 4. The molecule has 0 aliphatic rings. The minimum atomic E-state index is -1.26. The van der Waals surface area contributed by atoms with Crippen LogP contribution in [-0.4, -0.2) is 47.6 Å². The minimum absolute atomic E-state index is 0.0958. The third kappa shape index (κ3) is 6.60. The number of methoxy groups -OCH3 is 1. The van der Waals surface area contributed by atoms with Crippen molar-refractivity contribution in [1.29, 1.82) is 0 Å². The van der Waals surface area contributed by atoms with Crippen LogP contribution in [0.25, 0.3) is 0 Å². The third-order valence-corrected chi connectivity index (χ3v) is 3.30. The third-order valence-electron chi connectivity index (χ3n) is 3.30. The highest BCUT2D eigenvalue weighted by Gasteiger charge is 2.22. The van der Waals surface area contributed by atoms with Crippen molar-refractivity contribution in [2.24, 2.45) is 0 Å². The second kappa shape index (κ2) is 8.68. The van der Waals surface area contributed by atoms with E-state index in [0.29, 0.717) is 0 Å². The first-order valence-electron chi connectivity index (χ1n) is 7.86. The number of esters is 1. The van der Waals surface area contributed by atoms with Crippen LogP contribution in [0.2, 0.25) is 0 Å². The summed E-state index contributed by atoms with van der Waals surface area (Å²) < 4.78 is 9.66. The van der Waals surface area contributed by atoms with Crippen LogP contribution in [0.1, 0.15) is 49.2 Å². The lowest BCUT2D eigenvalue weighted by Crippen LogP contribution is -2.34. The fourth-order valence-corrected chi connectivity index (χ4v) is 2.09. The monoisotopic (exact) mass is 354 g/mol. The Hall–Kier alpha value is -2.32. The Balaban J connectivity index is 2.60. The van der Waals surface area contributed by atoms with Gasteiger partial charge in [0.05, 0.1) is 18.8 Å². The van der Waals surface area contributed by atoms with E-state index < -0.39 is 29.9 Å². The SMILES string of the molecule is COC(=O)c1ccc(C(O)C(O)CCNC(=O)OC(C)(C)C)c(N)c1. The number of benzene rings is 1. The molecule has 1 aromatic carbocycles. The molecule has 5 N–H and O–H groups in total. The summed E-state index contributed by atoms with van der Waals surface area (Å²) in [5.41, 5.74) is 5.92. The van der Waals surface area contributed by atoms with Gasteiger partial charge in [-0.3, -0.25) is 0 Å². The largest absolute Gasteiger partial charge is 0.465 e. The van der Waals surface area contributed by atoms with E-state index in [1.54, 1.807) is 20.8 Å². The summed E-state index contributed by atoms with van der Waals surface area (Å²) in [6.07, 6.45) is -2.91. The molecular formula is C17H26N2O6. The maximum absolute atomic E-state index is 11.5. The van der Waals surface area contributed by atoms with E-state index >= 15 is 0 Å². The van der Waals surface area contributed by atoms with Crippen molar-refractivity contribution in [2.75, 3.05) is 19.4 Å². The predicted molar refractivity (Wildman–Crippen MR) is 92.0 cm³/mol. The van der Waals surface area contributed by atoms with Gasteiger partial charge in [-0.2, -0.15) is 0 Å². The van der Waals surface area contributed by atoms with Gasteiger partial charge in [0, 0.05) is 17.8 Å². The summed E-state index contributed by atoms with van der Waals surface area (Å²) in [7, 11) is 1.25. The number of alkyl carbamates (subject to hydrolysis) is 1. The highest BCUT2D eigenvalue weighted by Crippen LogP contribution is 2.25. The van der Waals surface area contributed by atoms with Crippen molar-refractivity contribution < 1.29 is 29.3 Å². The maximum Gasteiger partial charge on any atom is 0.407 e. The van der Waals surface area contributed by atoms with Gasteiger partial charge in [0.25, 0.3) is 0 Å². The number of nitrogens with one attached hydrogen (secondary N) is 1. The summed E-state index contributed by atoms with van der Waals surface area (Å²) in [6, 6.07) is 4.28. The van der Waals surface area contributed by atoms with E-state index in [2.05, 4.69) is 10.1 Å². The number of anilines is 1. The Morgan fingerprint density at radius 1 is 1.28 bits per heavy atom. The first-order valence-corrected chi connectivity index (χ1v) is 7.86. The van der Waals surface area contributed by atoms with Crippen LogP contribution in [0.15, 0.2) is 18.2 Å². The molecule has 0 bridgehead atoms. The summed E-state index contributed by atoms with van der Waals surface area (Å²) in [5.74, 6) is -0.546. The Morgan fingerprint density at radius 3 is 2.44 bits per heavy atom. The van der Waals surface area contributed by atoms with Gasteiger partial charge in [0.1, 0.15) is 11.7 Å². The van der Waals surface area contributed by atoms with Crippen molar-refractivity contribution in [2.45, 2.75) is 45.0 Å². The molecule has 140 valence electrons. The van der Waals surface area contributed by atoms with Crippen LogP contribution in [0.3, 0.4) is 0 Å². The molecule has 0 spiro atoms. The molecule has 0 heterocycles.